The largest absolute Gasteiger partial charge is 0.347 e. The highest BCUT2D eigenvalue weighted by molar-refractivity contribution is 6.26. The van der Waals surface area contributed by atoms with E-state index in [-0.39, 0.29) is 5.78 Å². The first-order valence-corrected chi connectivity index (χ1v) is 7.13. The molecule has 0 radical (unpaired) electrons. The molecular weight excluding hydrogens is 274 g/mol. The molecule has 3 aromatic heterocycles. The molecule has 0 N–H and O–H groups in total. The van der Waals surface area contributed by atoms with Crippen LogP contribution in [0, 0.1) is 0 Å². The molecule has 1 aliphatic rings. The van der Waals surface area contributed by atoms with Crippen molar-refractivity contribution in [2.75, 3.05) is 0 Å². The minimum Gasteiger partial charge on any atom is -0.347 e. The number of rotatable bonds is 0. The van der Waals surface area contributed by atoms with Gasteiger partial charge >= 0.3 is 0 Å². The van der Waals surface area contributed by atoms with Crippen LogP contribution in [0.3, 0.4) is 0 Å². The Balaban J connectivity index is 2.10. The number of ketones is 1. The van der Waals surface area contributed by atoms with Crippen LogP contribution in [0.5, 0.6) is 0 Å². The fourth-order valence-electron chi connectivity index (χ4n) is 3.38. The highest BCUT2D eigenvalue weighted by Gasteiger charge is 2.30. The van der Waals surface area contributed by atoms with Crippen molar-refractivity contribution in [2.24, 2.45) is 7.05 Å². The van der Waals surface area contributed by atoms with E-state index in [1.165, 1.54) is 0 Å². The predicted octanol–water partition coefficient (Wildman–Crippen LogP) is 3.33. The van der Waals surface area contributed by atoms with Gasteiger partial charge in [0.25, 0.3) is 0 Å². The molecule has 22 heavy (non-hydrogen) atoms. The Morgan fingerprint density at radius 2 is 1.86 bits per heavy atom. The first kappa shape index (κ1) is 11.6. The van der Waals surface area contributed by atoms with Crippen molar-refractivity contribution in [3.05, 3.63) is 60.2 Å². The highest BCUT2D eigenvalue weighted by atomic mass is 16.1. The van der Waals surface area contributed by atoms with Gasteiger partial charge in [-0.25, -0.2) is 4.98 Å². The summed E-state index contributed by atoms with van der Waals surface area (Å²) in [5.74, 6) is -0.0299. The SMILES string of the molecule is Cn1ccc2c1C(=O)c1nccc3c1c-2nc1ccccc13. The molecule has 1 aromatic carbocycles. The summed E-state index contributed by atoms with van der Waals surface area (Å²) in [6.45, 7) is 0. The summed E-state index contributed by atoms with van der Waals surface area (Å²) in [7, 11) is 1.88. The van der Waals surface area contributed by atoms with Crippen LogP contribution in [0.1, 0.15) is 16.2 Å². The lowest BCUT2D eigenvalue weighted by molar-refractivity contribution is 0.102. The number of nitrogens with zero attached hydrogens (tertiary/aromatic N) is 3. The van der Waals surface area contributed by atoms with Gasteiger partial charge < -0.3 is 4.57 Å². The minimum absolute atomic E-state index is 0.0299. The molecule has 104 valence electrons. The Labute approximate surface area is 126 Å². The van der Waals surface area contributed by atoms with Crippen LogP contribution in [0.25, 0.3) is 32.9 Å². The number of aromatic nitrogens is 3. The van der Waals surface area contributed by atoms with E-state index in [4.69, 9.17) is 4.98 Å². The Bertz CT molecular complexity index is 1110. The molecule has 0 unspecified atom stereocenters. The number of hydrogen-bond donors (Lipinski definition) is 0. The Kier molecular flexibility index (Phi) is 2.01. The van der Waals surface area contributed by atoms with E-state index in [0.717, 1.165) is 32.9 Å². The molecule has 5 rings (SSSR count). The van der Waals surface area contributed by atoms with Gasteiger partial charge in [0.05, 0.1) is 11.2 Å². The van der Waals surface area contributed by atoms with Crippen molar-refractivity contribution in [1.29, 1.82) is 0 Å². The molecule has 0 saturated heterocycles. The van der Waals surface area contributed by atoms with E-state index < -0.39 is 0 Å². The summed E-state index contributed by atoms with van der Waals surface area (Å²) in [6, 6.07) is 11.9. The van der Waals surface area contributed by atoms with E-state index in [1.807, 2.05) is 54.2 Å². The van der Waals surface area contributed by atoms with Crippen molar-refractivity contribution in [3.8, 4) is 11.3 Å². The van der Waals surface area contributed by atoms with Crippen LogP contribution in [0.4, 0.5) is 0 Å². The van der Waals surface area contributed by atoms with Crippen LogP contribution >= 0.6 is 0 Å². The topological polar surface area (TPSA) is 47.8 Å². The number of para-hydroxylation sites is 1. The zero-order valence-electron chi connectivity index (χ0n) is 11.9. The molecule has 3 heterocycles. The van der Waals surface area contributed by atoms with Gasteiger partial charge in [-0.3, -0.25) is 9.78 Å². The first-order valence-electron chi connectivity index (χ1n) is 7.13. The summed E-state index contributed by atoms with van der Waals surface area (Å²) >= 11 is 0. The molecule has 0 bridgehead atoms. The van der Waals surface area contributed by atoms with Crippen LogP contribution in [0.15, 0.2) is 48.8 Å². The number of fused-ring (bicyclic) bond motifs is 4. The third-order valence-electron chi connectivity index (χ3n) is 4.37. The smallest absolute Gasteiger partial charge is 0.229 e. The van der Waals surface area contributed by atoms with Gasteiger partial charge in [-0.05, 0) is 23.6 Å². The van der Waals surface area contributed by atoms with E-state index in [0.29, 0.717) is 11.4 Å². The Morgan fingerprint density at radius 1 is 1.00 bits per heavy atom. The van der Waals surface area contributed by atoms with Gasteiger partial charge in [0.1, 0.15) is 11.4 Å². The molecule has 0 saturated carbocycles. The van der Waals surface area contributed by atoms with Gasteiger partial charge in [-0.15, -0.1) is 0 Å². The van der Waals surface area contributed by atoms with E-state index in [9.17, 15) is 4.79 Å². The summed E-state index contributed by atoms with van der Waals surface area (Å²) in [5, 5.41) is 2.95. The fraction of sp³-hybridized carbons (Fsp3) is 0.0556. The molecule has 4 heteroatoms. The Morgan fingerprint density at radius 3 is 2.77 bits per heavy atom. The third-order valence-corrected chi connectivity index (χ3v) is 4.37. The lowest BCUT2D eigenvalue weighted by atomic mass is 9.91. The summed E-state index contributed by atoms with van der Waals surface area (Å²) in [4.78, 5) is 22.0. The van der Waals surface area contributed by atoms with E-state index >= 15 is 0 Å². The van der Waals surface area contributed by atoms with E-state index in [2.05, 4.69) is 4.98 Å². The average molecular weight is 285 g/mol. The van der Waals surface area contributed by atoms with Crippen LogP contribution in [0.2, 0.25) is 0 Å². The second-order valence-corrected chi connectivity index (χ2v) is 5.58. The van der Waals surface area contributed by atoms with Crippen molar-refractivity contribution >= 4 is 27.5 Å². The van der Waals surface area contributed by atoms with E-state index in [1.54, 1.807) is 6.20 Å². The molecule has 4 nitrogen and oxygen atoms in total. The normalized spacial score (nSPS) is 12.9. The van der Waals surface area contributed by atoms with Crippen molar-refractivity contribution in [2.45, 2.75) is 0 Å². The van der Waals surface area contributed by atoms with Gasteiger partial charge in [-0.1, -0.05) is 18.2 Å². The maximum Gasteiger partial charge on any atom is 0.229 e. The van der Waals surface area contributed by atoms with Crippen LogP contribution in [-0.2, 0) is 7.05 Å². The number of hydrogen-bond acceptors (Lipinski definition) is 3. The highest BCUT2D eigenvalue weighted by Crippen LogP contribution is 2.40. The van der Waals surface area contributed by atoms with Crippen molar-refractivity contribution in [1.82, 2.24) is 14.5 Å². The lowest BCUT2D eigenvalue weighted by Crippen LogP contribution is -2.15. The number of aryl methyl sites for hydroxylation is 1. The minimum atomic E-state index is -0.0299. The zero-order valence-corrected chi connectivity index (χ0v) is 11.9. The number of carbonyl (C=O) groups is 1. The summed E-state index contributed by atoms with van der Waals surface area (Å²) in [6.07, 6.45) is 3.61. The van der Waals surface area contributed by atoms with Crippen molar-refractivity contribution in [3.63, 3.8) is 0 Å². The monoisotopic (exact) mass is 285 g/mol. The average Bonchev–Trinajstić information content (AvgIpc) is 2.94. The third kappa shape index (κ3) is 1.25. The van der Waals surface area contributed by atoms with Crippen LogP contribution in [-0.4, -0.2) is 20.3 Å². The quantitative estimate of drug-likeness (QED) is 0.410. The first-order chi connectivity index (χ1) is 10.8. The van der Waals surface area contributed by atoms with Gasteiger partial charge in [0, 0.05) is 35.8 Å². The lowest BCUT2D eigenvalue weighted by Gasteiger charge is -2.17. The zero-order chi connectivity index (χ0) is 14.8. The second kappa shape index (κ2) is 3.80. The van der Waals surface area contributed by atoms with Crippen LogP contribution < -0.4 is 0 Å². The van der Waals surface area contributed by atoms with Gasteiger partial charge in [0.2, 0.25) is 5.78 Å². The molecule has 4 aromatic rings. The summed E-state index contributed by atoms with van der Waals surface area (Å²) in [5.41, 5.74) is 3.84. The van der Waals surface area contributed by atoms with Crippen molar-refractivity contribution < 1.29 is 4.79 Å². The number of benzene rings is 1. The second-order valence-electron chi connectivity index (χ2n) is 5.58. The Hall–Kier alpha value is -3.01. The molecular formula is C18H11N3O. The number of carbonyl (C=O) groups excluding carboxylic acids is 1. The molecule has 0 aliphatic heterocycles. The van der Waals surface area contributed by atoms with Gasteiger partial charge in [0.15, 0.2) is 0 Å². The van der Waals surface area contributed by atoms with Gasteiger partial charge in [-0.2, -0.15) is 0 Å². The summed E-state index contributed by atoms with van der Waals surface area (Å²) < 4.78 is 1.85. The maximum atomic E-state index is 12.8. The molecule has 0 amide bonds. The predicted molar refractivity (Wildman–Crippen MR) is 84.9 cm³/mol. The molecule has 0 fully saturated rings. The standard InChI is InChI=1S/C18H11N3O/c1-21-9-7-12-15-14-11(10-4-2-3-5-13(10)20-15)6-8-19-16(14)18(22)17(12)21/h2-9H,1H3. The molecule has 1 aliphatic carbocycles. The fourth-order valence-corrected chi connectivity index (χ4v) is 3.38. The molecule has 0 atom stereocenters. The maximum absolute atomic E-state index is 12.8. The number of pyridine rings is 2. The molecule has 0 spiro atoms.